The summed E-state index contributed by atoms with van der Waals surface area (Å²) >= 11 is 11.6. The van der Waals surface area contributed by atoms with Gasteiger partial charge in [0, 0.05) is 0 Å². The highest BCUT2D eigenvalue weighted by atomic mass is 35.5. The standard InChI is InChI=1S/C14H15Cl2N3O/c1-9-4-6-14(8-17,7-5-9)19-13(20)10-2-3-11(15)18-12(10)16/h2-3,9H,4-7H2,1H3,(H,19,20). The first-order valence-electron chi connectivity index (χ1n) is 6.51. The second-order valence-corrected chi connectivity index (χ2v) is 6.05. The molecule has 0 unspecified atom stereocenters. The molecule has 1 aliphatic carbocycles. The van der Waals surface area contributed by atoms with Crippen molar-refractivity contribution in [2.45, 2.75) is 38.1 Å². The van der Waals surface area contributed by atoms with Crippen LogP contribution < -0.4 is 5.32 Å². The maximum atomic E-state index is 12.3. The first-order chi connectivity index (χ1) is 9.46. The van der Waals surface area contributed by atoms with Crippen molar-refractivity contribution >= 4 is 29.1 Å². The van der Waals surface area contributed by atoms with Crippen molar-refractivity contribution < 1.29 is 4.79 Å². The zero-order valence-corrected chi connectivity index (χ0v) is 12.6. The van der Waals surface area contributed by atoms with Gasteiger partial charge in [-0.1, -0.05) is 30.1 Å². The molecule has 1 fully saturated rings. The Morgan fingerprint density at radius 3 is 2.65 bits per heavy atom. The van der Waals surface area contributed by atoms with E-state index in [1.165, 1.54) is 12.1 Å². The molecule has 20 heavy (non-hydrogen) atoms. The monoisotopic (exact) mass is 311 g/mol. The van der Waals surface area contributed by atoms with Gasteiger partial charge in [-0.25, -0.2) is 4.98 Å². The number of pyridine rings is 1. The van der Waals surface area contributed by atoms with Crippen LogP contribution in [0.1, 0.15) is 43.0 Å². The third-order valence-corrected chi connectivity index (χ3v) is 4.25. The predicted octanol–water partition coefficient (Wildman–Crippen LogP) is 3.59. The summed E-state index contributed by atoms with van der Waals surface area (Å²) in [5.41, 5.74) is -0.559. The van der Waals surface area contributed by atoms with Crippen molar-refractivity contribution in [3.63, 3.8) is 0 Å². The molecule has 1 amide bonds. The second-order valence-electron chi connectivity index (χ2n) is 5.30. The number of nitrogens with zero attached hydrogens (tertiary/aromatic N) is 2. The second kappa shape index (κ2) is 5.99. The van der Waals surface area contributed by atoms with Crippen molar-refractivity contribution in [3.8, 4) is 6.07 Å². The van der Waals surface area contributed by atoms with E-state index in [9.17, 15) is 10.1 Å². The molecule has 106 valence electrons. The summed E-state index contributed by atoms with van der Waals surface area (Å²) in [7, 11) is 0. The van der Waals surface area contributed by atoms with E-state index in [-0.39, 0.29) is 21.8 Å². The summed E-state index contributed by atoms with van der Waals surface area (Å²) in [6.07, 6.45) is 3.19. The van der Waals surface area contributed by atoms with Gasteiger partial charge in [-0.3, -0.25) is 4.79 Å². The van der Waals surface area contributed by atoms with Gasteiger partial charge in [-0.05, 0) is 43.7 Å². The van der Waals surface area contributed by atoms with Gasteiger partial charge >= 0.3 is 0 Å². The molecule has 1 heterocycles. The number of rotatable bonds is 2. The van der Waals surface area contributed by atoms with E-state index in [4.69, 9.17) is 23.2 Å². The van der Waals surface area contributed by atoms with E-state index in [1.807, 2.05) is 0 Å². The van der Waals surface area contributed by atoms with Gasteiger partial charge in [-0.15, -0.1) is 0 Å². The summed E-state index contributed by atoms with van der Waals surface area (Å²) in [4.78, 5) is 16.1. The average Bonchev–Trinajstić information content (AvgIpc) is 2.41. The van der Waals surface area contributed by atoms with Crippen molar-refractivity contribution in [2.24, 2.45) is 5.92 Å². The highest BCUT2D eigenvalue weighted by Crippen LogP contribution is 2.32. The minimum Gasteiger partial charge on any atom is -0.334 e. The Balaban J connectivity index is 2.16. The molecule has 4 nitrogen and oxygen atoms in total. The van der Waals surface area contributed by atoms with Crippen LogP contribution in [-0.4, -0.2) is 16.4 Å². The van der Waals surface area contributed by atoms with Crippen LogP contribution in [0.2, 0.25) is 10.3 Å². The van der Waals surface area contributed by atoms with E-state index in [2.05, 4.69) is 23.3 Å². The molecule has 1 aliphatic rings. The number of hydrogen-bond acceptors (Lipinski definition) is 3. The highest BCUT2D eigenvalue weighted by molar-refractivity contribution is 6.34. The molecule has 1 saturated carbocycles. The number of amides is 1. The van der Waals surface area contributed by atoms with Gasteiger partial charge in [0.25, 0.3) is 5.91 Å². The Morgan fingerprint density at radius 1 is 1.45 bits per heavy atom. The quantitative estimate of drug-likeness (QED) is 0.849. The lowest BCUT2D eigenvalue weighted by Crippen LogP contribution is -2.49. The number of halogens is 2. The largest absolute Gasteiger partial charge is 0.334 e. The summed E-state index contributed by atoms with van der Waals surface area (Å²) < 4.78 is 0. The molecular formula is C14H15Cl2N3O. The summed E-state index contributed by atoms with van der Waals surface area (Å²) in [5, 5.41) is 12.5. The molecule has 0 atom stereocenters. The lowest BCUT2D eigenvalue weighted by atomic mass is 9.78. The zero-order valence-electron chi connectivity index (χ0n) is 11.1. The molecule has 0 saturated heterocycles. The van der Waals surface area contributed by atoms with Crippen molar-refractivity contribution in [2.75, 3.05) is 0 Å². The third kappa shape index (κ3) is 3.23. The van der Waals surface area contributed by atoms with Gasteiger partial charge in [0.15, 0.2) is 0 Å². The number of carbonyl (C=O) groups excluding carboxylic acids is 1. The number of hydrogen-bond donors (Lipinski definition) is 1. The van der Waals surface area contributed by atoms with E-state index in [0.717, 1.165) is 12.8 Å². The topological polar surface area (TPSA) is 65.8 Å². The zero-order chi connectivity index (χ0) is 14.8. The van der Waals surface area contributed by atoms with Gasteiger partial charge in [0.2, 0.25) is 0 Å². The number of nitriles is 1. The minimum atomic E-state index is -0.799. The first-order valence-corrected chi connectivity index (χ1v) is 7.27. The van der Waals surface area contributed by atoms with Crippen LogP contribution in [0, 0.1) is 17.2 Å². The predicted molar refractivity (Wildman–Crippen MR) is 77.7 cm³/mol. The summed E-state index contributed by atoms with van der Waals surface area (Å²) in [5.74, 6) is 0.212. The van der Waals surface area contributed by atoms with E-state index < -0.39 is 5.54 Å². The SMILES string of the molecule is CC1CCC(C#N)(NC(=O)c2ccc(Cl)nc2Cl)CC1. The first kappa shape index (κ1) is 15.1. The normalized spacial score (nSPS) is 25.8. The Morgan fingerprint density at radius 2 is 2.10 bits per heavy atom. The Labute approximate surface area is 128 Å². The molecular weight excluding hydrogens is 297 g/mol. The van der Waals surface area contributed by atoms with E-state index in [1.54, 1.807) is 0 Å². The van der Waals surface area contributed by atoms with Gasteiger partial charge in [0.05, 0.1) is 11.6 Å². The van der Waals surface area contributed by atoms with E-state index in [0.29, 0.717) is 18.8 Å². The number of carbonyl (C=O) groups is 1. The van der Waals surface area contributed by atoms with Gasteiger partial charge in [-0.2, -0.15) is 5.26 Å². The Kier molecular flexibility index (Phi) is 4.52. The number of aromatic nitrogens is 1. The van der Waals surface area contributed by atoms with Crippen LogP contribution in [0.15, 0.2) is 12.1 Å². The fraction of sp³-hybridized carbons (Fsp3) is 0.500. The average molecular weight is 312 g/mol. The molecule has 1 N–H and O–H groups in total. The Hall–Kier alpha value is -1.31. The van der Waals surface area contributed by atoms with Crippen LogP contribution >= 0.6 is 23.2 Å². The fourth-order valence-electron chi connectivity index (χ4n) is 2.39. The van der Waals surface area contributed by atoms with Crippen LogP contribution in [-0.2, 0) is 0 Å². The lowest BCUT2D eigenvalue weighted by molar-refractivity contribution is 0.0893. The molecule has 0 radical (unpaired) electrons. The van der Waals surface area contributed by atoms with Crippen LogP contribution in [0.5, 0.6) is 0 Å². The van der Waals surface area contributed by atoms with Crippen molar-refractivity contribution in [3.05, 3.63) is 28.0 Å². The summed E-state index contributed by atoms with van der Waals surface area (Å²) in [6, 6.07) is 5.27. The molecule has 0 aliphatic heterocycles. The van der Waals surface area contributed by atoms with Crippen LogP contribution in [0.3, 0.4) is 0 Å². The molecule has 0 spiro atoms. The molecule has 0 aromatic carbocycles. The van der Waals surface area contributed by atoms with Crippen LogP contribution in [0.4, 0.5) is 0 Å². The Bertz CT molecular complexity index is 560. The third-order valence-electron chi connectivity index (χ3n) is 3.75. The van der Waals surface area contributed by atoms with Gasteiger partial charge in [0.1, 0.15) is 15.8 Å². The molecule has 2 rings (SSSR count). The lowest BCUT2D eigenvalue weighted by Gasteiger charge is -2.34. The van der Waals surface area contributed by atoms with E-state index >= 15 is 0 Å². The molecule has 1 aromatic rings. The maximum Gasteiger partial charge on any atom is 0.255 e. The minimum absolute atomic E-state index is 0.0484. The maximum absolute atomic E-state index is 12.3. The van der Waals surface area contributed by atoms with Crippen molar-refractivity contribution in [1.82, 2.24) is 10.3 Å². The fourth-order valence-corrected chi connectivity index (χ4v) is 2.82. The smallest absolute Gasteiger partial charge is 0.255 e. The molecule has 0 bridgehead atoms. The number of nitrogens with one attached hydrogen (secondary N) is 1. The van der Waals surface area contributed by atoms with Crippen LogP contribution in [0.25, 0.3) is 0 Å². The molecule has 1 aromatic heterocycles. The van der Waals surface area contributed by atoms with Crippen molar-refractivity contribution in [1.29, 1.82) is 5.26 Å². The van der Waals surface area contributed by atoms with Gasteiger partial charge < -0.3 is 5.32 Å². The molecule has 6 heteroatoms. The highest BCUT2D eigenvalue weighted by Gasteiger charge is 2.36. The summed E-state index contributed by atoms with van der Waals surface area (Å²) in [6.45, 7) is 2.16.